The number of fused-ring (bicyclic) bond motifs is 2. The Balaban J connectivity index is 1.53. The van der Waals surface area contributed by atoms with Crippen LogP contribution in [0.25, 0.3) is 5.57 Å². The second-order valence-corrected chi connectivity index (χ2v) is 7.45. The number of benzene rings is 2. The maximum absolute atomic E-state index is 13.2. The first-order valence-electron chi connectivity index (χ1n) is 9.90. The van der Waals surface area contributed by atoms with Crippen LogP contribution in [-0.2, 0) is 11.2 Å². The van der Waals surface area contributed by atoms with Crippen molar-refractivity contribution in [2.24, 2.45) is 0 Å². The monoisotopic (exact) mass is 452 g/mol. The zero-order chi connectivity index (χ0) is 22.9. The highest BCUT2D eigenvalue weighted by atomic mass is 19.3. The molecular formula is C22H20F4N2O4. The van der Waals surface area contributed by atoms with E-state index in [2.05, 4.69) is 15.4 Å². The van der Waals surface area contributed by atoms with E-state index in [4.69, 9.17) is 4.74 Å². The minimum Gasteiger partial charge on any atom is -0.492 e. The van der Waals surface area contributed by atoms with Gasteiger partial charge in [-0.3, -0.25) is 4.79 Å². The summed E-state index contributed by atoms with van der Waals surface area (Å²) in [7, 11) is 0. The summed E-state index contributed by atoms with van der Waals surface area (Å²) in [5.41, 5.74) is 3.28. The molecule has 2 aliphatic rings. The lowest BCUT2D eigenvalue weighted by atomic mass is 9.98. The van der Waals surface area contributed by atoms with Crippen molar-refractivity contribution >= 4 is 22.9 Å². The number of hydrogen-bond acceptors (Lipinski definition) is 5. The highest BCUT2D eigenvalue weighted by molar-refractivity contribution is 6.05. The van der Waals surface area contributed by atoms with Crippen LogP contribution in [0.1, 0.15) is 17.5 Å². The van der Waals surface area contributed by atoms with Crippen LogP contribution >= 0.6 is 0 Å². The molecule has 10 heteroatoms. The van der Waals surface area contributed by atoms with Crippen LogP contribution in [0.4, 0.5) is 28.9 Å². The fraction of sp³-hybridized carbons (Fsp3) is 0.318. The Labute approximate surface area is 180 Å². The van der Waals surface area contributed by atoms with Crippen LogP contribution in [0.2, 0.25) is 0 Å². The second kappa shape index (κ2) is 8.70. The standard InChI is InChI=1S/C22H20F4N2O4/c23-21(24)22(25,26)32-14-4-5-15-12(6-7-31-19(15)10-14)8-20(30)28-18-3-1-2-17-16(18)9-13(29)11-27-17/h1-5,8,10,13,21,27,29H,6-7,9,11H2,(H,28,30)/b12-8+. The number of rotatable bonds is 5. The van der Waals surface area contributed by atoms with E-state index in [1.807, 2.05) is 6.07 Å². The fourth-order valence-electron chi connectivity index (χ4n) is 3.66. The summed E-state index contributed by atoms with van der Waals surface area (Å²) >= 11 is 0. The smallest absolute Gasteiger partial charge is 0.461 e. The number of alkyl halides is 4. The Morgan fingerprint density at radius 3 is 2.91 bits per heavy atom. The third kappa shape index (κ3) is 4.64. The molecule has 170 valence electrons. The van der Waals surface area contributed by atoms with Gasteiger partial charge in [-0.15, -0.1) is 0 Å². The summed E-state index contributed by atoms with van der Waals surface area (Å²) in [6, 6.07) is 8.98. The van der Waals surface area contributed by atoms with Gasteiger partial charge in [-0.25, -0.2) is 0 Å². The first-order valence-corrected chi connectivity index (χ1v) is 9.90. The second-order valence-electron chi connectivity index (χ2n) is 7.45. The summed E-state index contributed by atoms with van der Waals surface area (Å²) in [5, 5.41) is 15.8. The van der Waals surface area contributed by atoms with Crippen molar-refractivity contribution in [1.29, 1.82) is 0 Å². The van der Waals surface area contributed by atoms with Crippen molar-refractivity contribution in [3.63, 3.8) is 0 Å². The van der Waals surface area contributed by atoms with Gasteiger partial charge in [-0.05, 0) is 29.8 Å². The number of carbonyl (C=O) groups is 1. The van der Waals surface area contributed by atoms with Crippen LogP contribution in [0.3, 0.4) is 0 Å². The molecule has 3 N–H and O–H groups in total. The minimum absolute atomic E-state index is 0.155. The average Bonchev–Trinajstić information content (AvgIpc) is 2.74. The van der Waals surface area contributed by atoms with Crippen molar-refractivity contribution in [2.45, 2.75) is 31.5 Å². The highest BCUT2D eigenvalue weighted by Crippen LogP contribution is 2.38. The summed E-state index contributed by atoms with van der Waals surface area (Å²) in [6.45, 7) is 0.609. The molecule has 2 aliphatic heterocycles. The number of amides is 1. The molecule has 0 aromatic heterocycles. The van der Waals surface area contributed by atoms with Crippen LogP contribution in [0.5, 0.6) is 11.5 Å². The predicted molar refractivity (Wildman–Crippen MR) is 109 cm³/mol. The molecule has 1 unspecified atom stereocenters. The lowest BCUT2D eigenvalue weighted by Crippen LogP contribution is -2.33. The third-order valence-corrected chi connectivity index (χ3v) is 5.14. The Hall–Kier alpha value is -3.27. The summed E-state index contributed by atoms with van der Waals surface area (Å²) in [4.78, 5) is 12.7. The topological polar surface area (TPSA) is 79.8 Å². The van der Waals surface area contributed by atoms with Gasteiger partial charge in [0.05, 0.1) is 12.7 Å². The Kier molecular flexibility index (Phi) is 5.96. The molecule has 0 saturated heterocycles. The van der Waals surface area contributed by atoms with Gasteiger partial charge in [0, 0.05) is 54.0 Å². The maximum Gasteiger partial charge on any atom is 0.461 e. The van der Waals surface area contributed by atoms with Crippen molar-refractivity contribution in [3.8, 4) is 11.5 Å². The van der Waals surface area contributed by atoms with Gasteiger partial charge in [0.1, 0.15) is 11.5 Å². The molecule has 4 rings (SSSR count). The maximum atomic E-state index is 13.2. The molecule has 0 saturated carbocycles. The van der Waals surface area contributed by atoms with Crippen molar-refractivity contribution in [3.05, 3.63) is 53.6 Å². The molecule has 2 aromatic carbocycles. The van der Waals surface area contributed by atoms with Crippen LogP contribution in [0.15, 0.2) is 42.5 Å². The molecule has 0 bridgehead atoms. The van der Waals surface area contributed by atoms with Crippen LogP contribution < -0.4 is 20.1 Å². The number of β-amino-alcohol motifs (C(OH)–C–C–N with tert-alkyl or cyclic N) is 1. The Morgan fingerprint density at radius 2 is 2.12 bits per heavy atom. The van der Waals surface area contributed by atoms with Gasteiger partial charge in [-0.2, -0.15) is 17.6 Å². The zero-order valence-corrected chi connectivity index (χ0v) is 16.7. The van der Waals surface area contributed by atoms with E-state index in [1.165, 1.54) is 12.1 Å². The molecule has 1 atom stereocenters. The number of nitrogens with one attached hydrogen (secondary N) is 2. The number of aliphatic hydroxyl groups is 1. The molecule has 0 radical (unpaired) electrons. The Morgan fingerprint density at radius 1 is 1.31 bits per heavy atom. The number of halogens is 4. The van der Waals surface area contributed by atoms with E-state index < -0.39 is 30.3 Å². The van der Waals surface area contributed by atoms with Crippen molar-refractivity contribution in [2.75, 3.05) is 23.8 Å². The van der Waals surface area contributed by atoms with Gasteiger partial charge in [0.15, 0.2) is 0 Å². The quantitative estimate of drug-likeness (QED) is 0.471. The highest BCUT2D eigenvalue weighted by Gasteiger charge is 2.44. The number of hydrogen-bond donors (Lipinski definition) is 3. The van der Waals surface area contributed by atoms with E-state index in [1.54, 1.807) is 12.1 Å². The fourth-order valence-corrected chi connectivity index (χ4v) is 3.66. The molecule has 1 amide bonds. The van der Waals surface area contributed by atoms with E-state index in [9.17, 15) is 27.5 Å². The van der Waals surface area contributed by atoms with E-state index in [0.717, 1.165) is 23.4 Å². The molecule has 32 heavy (non-hydrogen) atoms. The predicted octanol–water partition coefficient (Wildman–Crippen LogP) is 4.06. The van der Waals surface area contributed by atoms with Crippen molar-refractivity contribution in [1.82, 2.24) is 0 Å². The SMILES string of the molecule is O=C(/C=C1\CCOc2cc(OC(F)(F)C(F)F)ccc21)Nc1cccc2c1CC(O)CN2. The van der Waals surface area contributed by atoms with Gasteiger partial charge in [0.2, 0.25) is 5.91 Å². The van der Waals surface area contributed by atoms with Gasteiger partial charge in [-0.1, -0.05) is 6.07 Å². The Bertz CT molecular complexity index is 1060. The summed E-state index contributed by atoms with van der Waals surface area (Å²) in [6.07, 6.45) is -6.99. The first-order chi connectivity index (χ1) is 15.2. The van der Waals surface area contributed by atoms with E-state index >= 15 is 0 Å². The minimum atomic E-state index is -4.63. The van der Waals surface area contributed by atoms with Gasteiger partial charge in [0.25, 0.3) is 0 Å². The van der Waals surface area contributed by atoms with Gasteiger partial charge < -0.3 is 25.2 Å². The normalized spacial score (nSPS) is 18.9. The van der Waals surface area contributed by atoms with Gasteiger partial charge >= 0.3 is 12.5 Å². The largest absolute Gasteiger partial charge is 0.492 e. The third-order valence-electron chi connectivity index (χ3n) is 5.14. The van der Waals surface area contributed by atoms with Crippen LogP contribution in [-0.4, -0.2) is 42.8 Å². The molecule has 0 aliphatic carbocycles. The van der Waals surface area contributed by atoms with Crippen molar-refractivity contribution < 1.29 is 36.9 Å². The van der Waals surface area contributed by atoms with Crippen LogP contribution in [0, 0.1) is 0 Å². The average molecular weight is 452 g/mol. The molecular weight excluding hydrogens is 432 g/mol. The summed E-state index contributed by atoms with van der Waals surface area (Å²) < 4.78 is 60.6. The van der Waals surface area contributed by atoms with E-state index in [-0.39, 0.29) is 12.4 Å². The number of carbonyl (C=O) groups excluding carboxylic acids is 1. The first kappa shape index (κ1) is 21.9. The molecule has 0 spiro atoms. The molecule has 2 aromatic rings. The number of anilines is 2. The number of aliphatic hydroxyl groups excluding tert-OH is 1. The molecule has 0 fully saturated rings. The van der Waals surface area contributed by atoms with E-state index in [0.29, 0.717) is 36.2 Å². The molecule has 2 heterocycles. The molecule has 6 nitrogen and oxygen atoms in total. The summed E-state index contributed by atoms with van der Waals surface area (Å²) in [5.74, 6) is -0.727. The number of ether oxygens (including phenoxy) is 2. The lowest BCUT2D eigenvalue weighted by molar-refractivity contribution is -0.253. The lowest BCUT2D eigenvalue weighted by Gasteiger charge is -2.25. The zero-order valence-electron chi connectivity index (χ0n) is 16.7.